The lowest BCUT2D eigenvalue weighted by Gasteiger charge is -2.13. The van der Waals surface area contributed by atoms with Crippen molar-refractivity contribution in [3.05, 3.63) is 40.2 Å². The summed E-state index contributed by atoms with van der Waals surface area (Å²) in [6, 6.07) is 8.69. The summed E-state index contributed by atoms with van der Waals surface area (Å²) in [7, 11) is 1.94. The molecule has 0 aliphatic carbocycles. The van der Waals surface area contributed by atoms with Gasteiger partial charge in [-0.25, -0.2) is 0 Å². The summed E-state index contributed by atoms with van der Waals surface area (Å²) in [6.07, 6.45) is 0. The highest BCUT2D eigenvalue weighted by Gasteiger charge is 2.10. The van der Waals surface area contributed by atoms with Crippen molar-refractivity contribution in [2.24, 2.45) is 0 Å². The van der Waals surface area contributed by atoms with Crippen LogP contribution in [0.5, 0.6) is 0 Å². The molecule has 0 atom stereocenters. The standard InChI is InChI=1S/C13H17BrN4O/c1-3-15-8-12-16-17-13(19-12)18(2)9-10-5-4-6-11(14)7-10/h4-7,15H,3,8-9H2,1-2H3. The third kappa shape index (κ3) is 4.04. The second-order valence-electron chi connectivity index (χ2n) is 4.24. The number of benzene rings is 1. The minimum atomic E-state index is 0.535. The van der Waals surface area contributed by atoms with Gasteiger partial charge in [-0.05, 0) is 24.2 Å². The van der Waals surface area contributed by atoms with Crippen LogP contribution in [0.4, 0.5) is 6.01 Å². The molecule has 102 valence electrons. The Morgan fingerprint density at radius 3 is 2.95 bits per heavy atom. The highest BCUT2D eigenvalue weighted by atomic mass is 79.9. The van der Waals surface area contributed by atoms with Crippen LogP contribution in [-0.2, 0) is 13.1 Å². The Morgan fingerprint density at radius 2 is 2.21 bits per heavy atom. The lowest BCUT2D eigenvalue weighted by atomic mass is 10.2. The van der Waals surface area contributed by atoms with E-state index in [1.165, 1.54) is 5.56 Å². The van der Waals surface area contributed by atoms with E-state index < -0.39 is 0 Å². The number of hydrogen-bond acceptors (Lipinski definition) is 5. The molecule has 0 amide bonds. The summed E-state index contributed by atoms with van der Waals surface area (Å²) in [5.41, 5.74) is 1.18. The van der Waals surface area contributed by atoms with E-state index in [4.69, 9.17) is 4.42 Å². The van der Waals surface area contributed by atoms with Crippen molar-refractivity contribution >= 4 is 21.9 Å². The predicted octanol–water partition coefficient (Wildman–Crippen LogP) is 2.58. The first kappa shape index (κ1) is 14.0. The Morgan fingerprint density at radius 1 is 1.37 bits per heavy atom. The summed E-state index contributed by atoms with van der Waals surface area (Å²) >= 11 is 3.46. The number of nitrogens with zero attached hydrogens (tertiary/aromatic N) is 3. The van der Waals surface area contributed by atoms with Crippen LogP contribution < -0.4 is 10.2 Å². The Bertz CT molecular complexity index is 529. The zero-order valence-electron chi connectivity index (χ0n) is 11.1. The predicted molar refractivity (Wildman–Crippen MR) is 77.9 cm³/mol. The van der Waals surface area contributed by atoms with Gasteiger partial charge in [-0.15, -0.1) is 5.10 Å². The van der Waals surface area contributed by atoms with Gasteiger partial charge in [0.05, 0.1) is 6.54 Å². The first-order valence-electron chi connectivity index (χ1n) is 6.17. The van der Waals surface area contributed by atoms with Crippen LogP contribution in [0.15, 0.2) is 33.2 Å². The summed E-state index contributed by atoms with van der Waals surface area (Å²) in [6.45, 7) is 4.25. The van der Waals surface area contributed by atoms with Gasteiger partial charge < -0.3 is 14.6 Å². The Kier molecular flexibility index (Phi) is 4.93. The smallest absolute Gasteiger partial charge is 0.318 e. The molecule has 0 aliphatic heterocycles. The van der Waals surface area contributed by atoms with Gasteiger partial charge in [0.15, 0.2) is 0 Å². The van der Waals surface area contributed by atoms with Crippen molar-refractivity contribution < 1.29 is 4.42 Å². The number of hydrogen-bond donors (Lipinski definition) is 1. The van der Waals surface area contributed by atoms with Gasteiger partial charge in [0.1, 0.15) is 0 Å². The van der Waals surface area contributed by atoms with Gasteiger partial charge in [-0.3, -0.25) is 0 Å². The maximum Gasteiger partial charge on any atom is 0.318 e. The number of rotatable bonds is 6. The van der Waals surface area contributed by atoms with Crippen LogP contribution in [0.2, 0.25) is 0 Å². The Balaban J connectivity index is 1.99. The first-order chi connectivity index (χ1) is 9.19. The average Bonchev–Trinajstić information content (AvgIpc) is 2.85. The summed E-state index contributed by atoms with van der Waals surface area (Å²) in [5, 5.41) is 11.2. The number of nitrogens with one attached hydrogen (secondary N) is 1. The van der Waals surface area contributed by atoms with Crippen molar-refractivity contribution in [3.63, 3.8) is 0 Å². The van der Waals surface area contributed by atoms with E-state index in [0.717, 1.165) is 17.6 Å². The SMILES string of the molecule is CCNCc1nnc(N(C)Cc2cccc(Br)c2)o1. The van der Waals surface area contributed by atoms with Crippen molar-refractivity contribution in [1.29, 1.82) is 0 Å². The first-order valence-corrected chi connectivity index (χ1v) is 6.97. The molecule has 5 nitrogen and oxygen atoms in total. The van der Waals surface area contributed by atoms with Gasteiger partial charge in [0, 0.05) is 18.1 Å². The minimum absolute atomic E-state index is 0.535. The molecule has 1 N–H and O–H groups in total. The van der Waals surface area contributed by atoms with E-state index in [9.17, 15) is 0 Å². The van der Waals surface area contributed by atoms with E-state index in [1.807, 2.05) is 31.0 Å². The number of aromatic nitrogens is 2. The third-order valence-electron chi connectivity index (χ3n) is 2.62. The zero-order valence-corrected chi connectivity index (χ0v) is 12.6. The molecule has 0 fully saturated rings. The molecule has 0 saturated heterocycles. The summed E-state index contributed by atoms with van der Waals surface area (Å²) in [4.78, 5) is 1.93. The van der Waals surface area contributed by atoms with E-state index in [-0.39, 0.29) is 0 Å². The van der Waals surface area contributed by atoms with Crippen LogP contribution in [0, 0.1) is 0 Å². The third-order valence-corrected chi connectivity index (χ3v) is 3.11. The van der Waals surface area contributed by atoms with Gasteiger partial charge in [0.25, 0.3) is 0 Å². The molecule has 0 spiro atoms. The molecular weight excluding hydrogens is 308 g/mol. The van der Waals surface area contributed by atoms with Crippen molar-refractivity contribution in [3.8, 4) is 0 Å². The molecule has 0 radical (unpaired) electrons. The second-order valence-corrected chi connectivity index (χ2v) is 5.16. The lowest BCUT2D eigenvalue weighted by molar-refractivity contribution is 0.469. The van der Waals surface area contributed by atoms with Crippen molar-refractivity contribution in [2.45, 2.75) is 20.0 Å². The van der Waals surface area contributed by atoms with Gasteiger partial charge in [-0.2, -0.15) is 0 Å². The van der Waals surface area contributed by atoms with Crippen LogP contribution >= 0.6 is 15.9 Å². The lowest BCUT2D eigenvalue weighted by Crippen LogP contribution is -2.16. The van der Waals surface area contributed by atoms with E-state index in [2.05, 4.69) is 43.6 Å². The van der Waals surface area contributed by atoms with Crippen molar-refractivity contribution in [1.82, 2.24) is 15.5 Å². The van der Waals surface area contributed by atoms with E-state index in [1.54, 1.807) is 0 Å². The molecule has 0 unspecified atom stereocenters. The van der Waals surface area contributed by atoms with Crippen molar-refractivity contribution in [2.75, 3.05) is 18.5 Å². The molecule has 0 saturated carbocycles. The normalized spacial score (nSPS) is 10.7. The maximum atomic E-state index is 5.58. The number of anilines is 1. The Labute approximate surface area is 121 Å². The molecule has 2 rings (SSSR count). The van der Waals surface area contributed by atoms with Crippen LogP contribution in [0.25, 0.3) is 0 Å². The fourth-order valence-corrected chi connectivity index (χ4v) is 2.13. The topological polar surface area (TPSA) is 54.2 Å². The Hall–Kier alpha value is -1.40. The molecule has 1 aromatic heterocycles. The molecule has 2 aromatic rings. The van der Waals surface area contributed by atoms with Gasteiger partial charge in [0.2, 0.25) is 5.89 Å². The van der Waals surface area contributed by atoms with Crippen LogP contribution in [0.1, 0.15) is 18.4 Å². The van der Waals surface area contributed by atoms with Gasteiger partial charge in [-0.1, -0.05) is 40.1 Å². The number of halogens is 1. The minimum Gasteiger partial charge on any atom is -0.407 e. The van der Waals surface area contributed by atoms with Crippen LogP contribution in [-0.4, -0.2) is 23.8 Å². The fraction of sp³-hybridized carbons (Fsp3) is 0.385. The molecule has 1 heterocycles. The second kappa shape index (κ2) is 6.68. The highest BCUT2D eigenvalue weighted by Crippen LogP contribution is 2.16. The molecule has 6 heteroatoms. The summed E-state index contributed by atoms with van der Waals surface area (Å²) < 4.78 is 6.65. The fourth-order valence-electron chi connectivity index (χ4n) is 1.68. The summed E-state index contributed by atoms with van der Waals surface area (Å²) in [5.74, 6) is 0.609. The quantitative estimate of drug-likeness (QED) is 0.885. The largest absolute Gasteiger partial charge is 0.407 e. The molecule has 0 aliphatic rings. The highest BCUT2D eigenvalue weighted by molar-refractivity contribution is 9.10. The average molecular weight is 325 g/mol. The van der Waals surface area contributed by atoms with E-state index in [0.29, 0.717) is 18.5 Å². The molecule has 19 heavy (non-hydrogen) atoms. The monoisotopic (exact) mass is 324 g/mol. The molecule has 1 aromatic carbocycles. The van der Waals surface area contributed by atoms with Crippen LogP contribution in [0.3, 0.4) is 0 Å². The molecule has 0 bridgehead atoms. The van der Waals surface area contributed by atoms with E-state index >= 15 is 0 Å². The van der Waals surface area contributed by atoms with Gasteiger partial charge >= 0.3 is 6.01 Å². The zero-order chi connectivity index (χ0) is 13.7. The maximum absolute atomic E-state index is 5.58. The molecular formula is C13H17BrN4O.